The van der Waals surface area contributed by atoms with E-state index in [0.717, 1.165) is 5.56 Å². The van der Waals surface area contributed by atoms with E-state index in [-0.39, 0.29) is 19.1 Å². The lowest BCUT2D eigenvalue weighted by atomic mass is 9.92. The molecule has 2 aliphatic rings. The van der Waals surface area contributed by atoms with Crippen LogP contribution in [-0.2, 0) is 16.1 Å². The molecule has 3 rings (SSSR count). The number of fused-ring (bicyclic) bond motifs is 1. The summed E-state index contributed by atoms with van der Waals surface area (Å²) >= 11 is 0. The number of hydrogen-bond acceptors (Lipinski definition) is 3. The number of alkyl halides is 1. The van der Waals surface area contributed by atoms with Gasteiger partial charge in [0.1, 0.15) is 6.61 Å². The highest BCUT2D eigenvalue weighted by molar-refractivity contribution is 5.90. The van der Waals surface area contributed by atoms with Crippen LogP contribution in [0.15, 0.2) is 43.0 Å². The van der Waals surface area contributed by atoms with Gasteiger partial charge in [0.15, 0.2) is 0 Å². The fraction of sp³-hybridized carbons (Fsp3) is 0.444. The summed E-state index contributed by atoms with van der Waals surface area (Å²) in [5.41, 5.74) is -1.26. The molecule has 2 saturated heterocycles. The van der Waals surface area contributed by atoms with Crippen LogP contribution in [0.3, 0.4) is 0 Å². The molecular formula is C18H21FN2O3. The molecule has 1 aromatic rings. The first-order valence-electron chi connectivity index (χ1n) is 8.03. The Hall–Kier alpha value is -2.37. The summed E-state index contributed by atoms with van der Waals surface area (Å²) in [4.78, 5) is 27.5. The number of likely N-dealkylation sites (tertiary alicyclic amines) is 2. The average molecular weight is 332 g/mol. The second-order valence-corrected chi connectivity index (χ2v) is 6.31. The molecule has 6 heteroatoms. The monoisotopic (exact) mass is 332 g/mol. The van der Waals surface area contributed by atoms with Crippen LogP contribution in [0.2, 0.25) is 0 Å². The first-order chi connectivity index (χ1) is 11.5. The molecule has 2 heterocycles. The van der Waals surface area contributed by atoms with Gasteiger partial charge in [-0.2, -0.15) is 0 Å². The highest BCUT2D eigenvalue weighted by Gasteiger charge is 2.64. The van der Waals surface area contributed by atoms with Crippen LogP contribution in [0.4, 0.5) is 9.18 Å². The second-order valence-electron chi connectivity index (χ2n) is 6.31. The summed E-state index contributed by atoms with van der Waals surface area (Å²) in [6.07, 6.45) is 1.25. The first kappa shape index (κ1) is 16.5. The van der Waals surface area contributed by atoms with Gasteiger partial charge in [-0.25, -0.2) is 9.18 Å². The molecule has 128 valence electrons. The summed E-state index contributed by atoms with van der Waals surface area (Å²) in [6.45, 7) is 4.04. The van der Waals surface area contributed by atoms with E-state index < -0.39 is 23.7 Å². The molecule has 1 aromatic carbocycles. The van der Waals surface area contributed by atoms with Gasteiger partial charge in [-0.3, -0.25) is 9.69 Å². The van der Waals surface area contributed by atoms with Crippen LogP contribution in [0.1, 0.15) is 18.4 Å². The maximum absolute atomic E-state index is 15.4. The van der Waals surface area contributed by atoms with E-state index in [1.807, 2.05) is 30.3 Å². The van der Waals surface area contributed by atoms with Crippen molar-refractivity contribution in [2.24, 2.45) is 0 Å². The number of carbonyl (C=O) groups is 2. The summed E-state index contributed by atoms with van der Waals surface area (Å²) in [7, 11) is 1.59. The Bertz CT molecular complexity index is 651. The van der Waals surface area contributed by atoms with E-state index in [1.165, 1.54) is 15.9 Å². The molecule has 0 bridgehead atoms. The van der Waals surface area contributed by atoms with Gasteiger partial charge in [-0.1, -0.05) is 36.4 Å². The third kappa shape index (κ3) is 2.56. The Labute approximate surface area is 140 Å². The molecule has 5 nitrogen and oxygen atoms in total. The van der Waals surface area contributed by atoms with Crippen molar-refractivity contribution in [3.63, 3.8) is 0 Å². The van der Waals surface area contributed by atoms with Gasteiger partial charge in [0, 0.05) is 20.0 Å². The zero-order valence-corrected chi connectivity index (χ0v) is 13.7. The molecule has 0 unspecified atom stereocenters. The molecule has 0 spiro atoms. The Morgan fingerprint density at radius 2 is 2.17 bits per heavy atom. The number of benzene rings is 1. The van der Waals surface area contributed by atoms with Crippen molar-refractivity contribution in [1.82, 2.24) is 9.80 Å². The molecular weight excluding hydrogens is 311 g/mol. The summed E-state index contributed by atoms with van der Waals surface area (Å²) in [6, 6.07) is 8.16. The Morgan fingerprint density at radius 1 is 1.46 bits per heavy atom. The number of amides is 2. The third-order valence-electron chi connectivity index (χ3n) is 4.89. The number of allylic oxidation sites excluding steroid dienone is 1. The molecule has 0 N–H and O–H groups in total. The number of hydrogen-bond donors (Lipinski definition) is 0. The number of likely N-dealkylation sites (N-methyl/N-ethyl adjacent to an activating group) is 1. The maximum atomic E-state index is 15.4. The van der Waals surface area contributed by atoms with Crippen molar-refractivity contribution in [1.29, 1.82) is 0 Å². The average Bonchev–Trinajstić information content (AvgIpc) is 3.11. The predicted octanol–water partition coefficient (Wildman–Crippen LogP) is 2.52. The van der Waals surface area contributed by atoms with Gasteiger partial charge in [0.2, 0.25) is 5.67 Å². The molecule has 0 aromatic heterocycles. The lowest BCUT2D eigenvalue weighted by Gasteiger charge is -2.30. The van der Waals surface area contributed by atoms with Gasteiger partial charge in [0.05, 0.1) is 12.1 Å². The van der Waals surface area contributed by atoms with Crippen LogP contribution >= 0.6 is 0 Å². The van der Waals surface area contributed by atoms with Crippen molar-refractivity contribution in [2.45, 2.75) is 37.2 Å². The molecule has 0 radical (unpaired) electrons. The van der Waals surface area contributed by atoms with Gasteiger partial charge in [-0.15, -0.1) is 6.58 Å². The smallest absolute Gasteiger partial charge is 0.410 e. The molecule has 2 fully saturated rings. The fourth-order valence-electron chi connectivity index (χ4n) is 3.73. The Kier molecular flexibility index (Phi) is 4.30. The van der Waals surface area contributed by atoms with Crippen molar-refractivity contribution >= 4 is 12.0 Å². The zero-order valence-electron chi connectivity index (χ0n) is 13.7. The van der Waals surface area contributed by atoms with Gasteiger partial charge >= 0.3 is 6.09 Å². The molecule has 24 heavy (non-hydrogen) atoms. The fourth-order valence-corrected chi connectivity index (χ4v) is 3.73. The van der Waals surface area contributed by atoms with E-state index in [2.05, 4.69) is 6.58 Å². The standard InChI is InChI=1S/C18H21FN2O3/c1-3-10-18(19)15-14(20(2)16(18)22)9-11-21(15)17(23)24-12-13-7-5-4-6-8-13/h3-8,14-15H,1,9-12H2,2H3/t14-,15-,18-/m0/s1. The number of nitrogens with zero attached hydrogens (tertiary/aromatic N) is 2. The van der Waals surface area contributed by atoms with Crippen LogP contribution < -0.4 is 0 Å². The highest BCUT2D eigenvalue weighted by Crippen LogP contribution is 2.43. The molecule has 2 amide bonds. The largest absolute Gasteiger partial charge is 0.445 e. The van der Waals surface area contributed by atoms with Gasteiger partial charge in [-0.05, 0) is 12.0 Å². The second kappa shape index (κ2) is 6.26. The molecule has 3 atom stereocenters. The van der Waals surface area contributed by atoms with E-state index in [1.54, 1.807) is 7.05 Å². The van der Waals surface area contributed by atoms with E-state index in [0.29, 0.717) is 13.0 Å². The zero-order chi connectivity index (χ0) is 17.3. The lowest BCUT2D eigenvalue weighted by Crippen LogP contribution is -2.51. The van der Waals surface area contributed by atoms with Crippen LogP contribution in [-0.4, -0.2) is 53.1 Å². The van der Waals surface area contributed by atoms with Crippen molar-refractivity contribution in [3.8, 4) is 0 Å². The minimum Gasteiger partial charge on any atom is -0.445 e. The summed E-state index contributed by atoms with van der Waals surface area (Å²) < 4.78 is 20.7. The van der Waals surface area contributed by atoms with Gasteiger partial charge in [0.25, 0.3) is 5.91 Å². The van der Waals surface area contributed by atoms with Crippen LogP contribution in [0.25, 0.3) is 0 Å². The SMILES string of the molecule is C=CC[C@@]1(F)C(=O)N(C)[C@H]2CCN(C(=O)OCc3ccccc3)[C@@H]21. The minimum atomic E-state index is -2.12. The Balaban J connectivity index is 1.75. The quantitative estimate of drug-likeness (QED) is 0.796. The van der Waals surface area contributed by atoms with E-state index >= 15 is 4.39 Å². The topological polar surface area (TPSA) is 49.9 Å². The minimum absolute atomic E-state index is 0.111. The number of carbonyl (C=O) groups excluding carboxylic acids is 2. The van der Waals surface area contributed by atoms with Crippen molar-refractivity contribution in [3.05, 3.63) is 48.6 Å². The van der Waals surface area contributed by atoms with Crippen molar-refractivity contribution < 1.29 is 18.7 Å². The van der Waals surface area contributed by atoms with Gasteiger partial charge < -0.3 is 9.64 Å². The summed E-state index contributed by atoms with van der Waals surface area (Å²) in [5.74, 6) is -0.585. The maximum Gasteiger partial charge on any atom is 0.410 e. The molecule has 2 aliphatic heterocycles. The number of halogens is 1. The summed E-state index contributed by atoms with van der Waals surface area (Å²) in [5, 5.41) is 0. The molecule has 0 saturated carbocycles. The van der Waals surface area contributed by atoms with Crippen LogP contribution in [0.5, 0.6) is 0 Å². The van der Waals surface area contributed by atoms with E-state index in [4.69, 9.17) is 4.74 Å². The lowest BCUT2D eigenvalue weighted by molar-refractivity contribution is -0.138. The third-order valence-corrected chi connectivity index (χ3v) is 4.89. The number of rotatable bonds is 4. The van der Waals surface area contributed by atoms with E-state index in [9.17, 15) is 9.59 Å². The Morgan fingerprint density at radius 3 is 2.83 bits per heavy atom. The first-order valence-corrected chi connectivity index (χ1v) is 8.03. The highest BCUT2D eigenvalue weighted by atomic mass is 19.1. The van der Waals surface area contributed by atoms with Crippen molar-refractivity contribution in [2.75, 3.05) is 13.6 Å². The normalized spacial score (nSPS) is 28.8. The number of ether oxygens (including phenoxy) is 1. The molecule has 0 aliphatic carbocycles. The van der Waals surface area contributed by atoms with Crippen LogP contribution in [0, 0.1) is 0 Å². The predicted molar refractivity (Wildman–Crippen MR) is 86.9 cm³/mol.